The zero-order valence-corrected chi connectivity index (χ0v) is 13.0. The van der Waals surface area contributed by atoms with Gasteiger partial charge in [-0.05, 0) is 0 Å². The third-order valence-electron chi connectivity index (χ3n) is 2.48. The second-order valence-electron chi connectivity index (χ2n) is 5.53. The molecule has 1 unspecified atom stereocenters. The van der Waals surface area contributed by atoms with Crippen molar-refractivity contribution in [3.8, 4) is 0 Å². The summed E-state index contributed by atoms with van der Waals surface area (Å²) >= 11 is 0. The van der Waals surface area contributed by atoms with E-state index in [4.69, 9.17) is 0 Å². The van der Waals surface area contributed by atoms with E-state index in [1.807, 2.05) is 0 Å². The molecule has 0 bridgehead atoms. The highest BCUT2D eigenvalue weighted by Crippen LogP contribution is 2.18. The van der Waals surface area contributed by atoms with Gasteiger partial charge in [0.25, 0.3) is 0 Å². The lowest BCUT2D eigenvalue weighted by Gasteiger charge is -2.34. The van der Waals surface area contributed by atoms with Gasteiger partial charge in [-0.15, -0.1) is 12.4 Å². The number of aliphatic carboxylic acids is 1. The van der Waals surface area contributed by atoms with Gasteiger partial charge in [-0.25, -0.2) is 0 Å². The molecule has 0 saturated carbocycles. The van der Waals surface area contributed by atoms with Gasteiger partial charge in [-0.2, -0.15) is 0 Å². The van der Waals surface area contributed by atoms with Gasteiger partial charge < -0.3 is 24.2 Å². The maximum atomic E-state index is 11.9. The molecule has 0 heterocycles. The minimum atomic E-state index is -2.04. The van der Waals surface area contributed by atoms with E-state index < -0.39 is 29.7 Å². The van der Waals surface area contributed by atoms with Crippen LogP contribution < -0.4 is 5.11 Å². The number of carboxylic acid groups (broad SMARTS) is 1. The number of carbonyl (C=O) groups excluding carboxylic acids is 3. The summed E-state index contributed by atoms with van der Waals surface area (Å²) in [6.45, 7) is -0.0824. The summed E-state index contributed by atoms with van der Waals surface area (Å²) in [5.41, 5.74) is -2.04. The van der Waals surface area contributed by atoms with Crippen molar-refractivity contribution in [3.63, 3.8) is 0 Å². The van der Waals surface area contributed by atoms with Crippen molar-refractivity contribution >= 4 is 30.1 Å². The lowest BCUT2D eigenvalue weighted by Crippen LogP contribution is -2.56. The Morgan fingerprint density at radius 2 is 1.70 bits per heavy atom. The first-order valence-electron chi connectivity index (χ1n) is 5.83. The standard InChI is InChI=1S/C12H21NO6.ClH/c1-13(2,3)8-12(18,7-10(15)16)9(14)5-6-11(17)19-4;/h18H,5-8H2,1-4H3;1H. The van der Waals surface area contributed by atoms with Crippen LogP contribution in [-0.4, -0.2) is 67.7 Å². The molecule has 0 amide bonds. The topological polar surface area (TPSA) is 104 Å². The van der Waals surface area contributed by atoms with Gasteiger partial charge in [-0.1, -0.05) is 0 Å². The monoisotopic (exact) mass is 311 g/mol. The Morgan fingerprint density at radius 1 is 1.20 bits per heavy atom. The van der Waals surface area contributed by atoms with Crippen molar-refractivity contribution in [2.75, 3.05) is 34.8 Å². The molecule has 7 nitrogen and oxygen atoms in total. The number of carbonyl (C=O) groups is 3. The Bertz CT molecular complexity index is 365. The number of ketones is 1. The molecular formula is C12H22ClNO6. The van der Waals surface area contributed by atoms with E-state index in [2.05, 4.69) is 4.74 Å². The highest BCUT2D eigenvalue weighted by atomic mass is 35.5. The highest BCUT2D eigenvalue weighted by molar-refractivity contribution is 5.92. The van der Waals surface area contributed by atoms with Crippen LogP contribution in [0.4, 0.5) is 0 Å². The number of aliphatic hydroxyl groups is 1. The fourth-order valence-corrected chi connectivity index (χ4v) is 1.82. The van der Waals surface area contributed by atoms with E-state index in [0.717, 1.165) is 0 Å². The zero-order valence-electron chi connectivity index (χ0n) is 12.2. The number of hydrogen-bond donors (Lipinski definition) is 1. The molecule has 0 aliphatic rings. The van der Waals surface area contributed by atoms with E-state index in [1.165, 1.54) is 7.11 Å². The molecule has 0 saturated heterocycles. The number of nitrogens with zero attached hydrogens (tertiary/aromatic N) is 1. The quantitative estimate of drug-likeness (QED) is 0.432. The van der Waals surface area contributed by atoms with Crippen LogP contribution in [0.1, 0.15) is 19.3 Å². The zero-order chi connectivity index (χ0) is 15.3. The van der Waals surface area contributed by atoms with Gasteiger partial charge in [-0.3, -0.25) is 9.59 Å². The highest BCUT2D eigenvalue weighted by Gasteiger charge is 2.40. The van der Waals surface area contributed by atoms with Gasteiger partial charge >= 0.3 is 5.97 Å². The molecule has 0 fully saturated rings. The number of carboxylic acids is 1. The Kier molecular flexibility index (Phi) is 8.64. The molecule has 20 heavy (non-hydrogen) atoms. The van der Waals surface area contributed by atoms with E-state index in [1.54, 1.807) is 21.1 Å². The van der Waals surface area contributed by atoms with E-state index in [0.29, 0.717) is 0 Å². The summed E-state index contributed by atoms with van der Waals surface area (Å²) in [5.74, 6) is -2.80. The number of halogens is 1. The predicted molar refractivity (Wildman–Crippen MR) is 71.0 cm³/mol. The maximum Gasteiger partial charge on any atom is 0.305 e. The fraction of sp³-hybridized carbons (Fsp3) is 0.750. The van der Waals surface area contributed by atoms with Crippen LogP contribution in [0.25, 0.3) is 0 Å². The Hall–Kier alpha value is -1.18. The molecule has 0 radical (unpaired) electrons. The van der Waals surface area contributed by atoms with Crippen molar-refractivity contribution < 1.29 is 33.8 Å². The van der Waals surface area contributed by atoms with Gasteiger partial charge in [0, 0.05) is 18.8 Å². The van der Waals surface area contributed by atoms with Crippen LogP contribution in [0.3, 0.4) is 0 Å². The molecule has 0 aliphatic heterocycles. The Balaban J connectivity index is 0. The number of likely N-dealkylation sites (N-methyl/N-ethyl adjacent to an activating group) is 1. The lowest BCUT2D eigenvalue weighted by atomic mass is 9.90. The normalized spacial score (nSPS) is 13.8. The van der Waals surface area contributed by atoms with Crippen LogP contribution in [-0.2, 0) is 19.1 Å². The molecule has 0 aromatic rings. The van der Waals surface area contributed by atoms with Gasteiger partial charge in [0.15, 0.2) is 11.4 Å². The molecule has 1 atom stereocenters. The number of quaternary nitrogens is 1. The number of ether oxygens (including phenoxy) is 1. The number of Topliss-reactive ketones (excluding diaryl/α,β-unsaturated/α-hetero) is 1. The van der Waals surface area contributed by atoms with E-state index >= 15 is 0 Å². The van der Waals surface area contributed by atoms with Crippen molar-refractivity contribution in [2.45, 2.75) is 24.9 Å². The summed E-state index contributed by atoms with van der Waals surface area (Å²) in [5, 5.41) is 20.9. The first-order valence-corrected chi connectivity index (χ1v) is 5.83. The lowest BCUT2D eigenvalue weighted by molar-refractivity contribution is -0.875. The number of hydrogen-bond acceptors (Lipinski definition) is 6. The summed E-state index contributed by atoms with van der Waals surface area (Å²) < 4.78 is 4.59. The number of methoxy groups -OCH3 is 1. The third-order valence-corrected chi connectivity index (χ3v) is 2.48. The summed E-state index contributed by atoms with van der Waals surface area (Å²) in [6.07, 6.45) is -1.25. The van der Waals surface area contributed by atoms with Gasteiger partial charge in [0.1, 0.15) is 6.54 Å². The Morgan fingerprint density at radius 3 is 2.05 bits per heavy atom. The van der Waals surface area contributed by atoms with Crippen LogP contribution in [0.2, 0.25) is 0 Å². The first kappa shape index (κ1) is 21.1. The molecule has 0 spiro atoms. The molecule has 0 aliphatic carbocycles. The predicted octanol–water partition coefficient (Wildman–Crippen LogP) is -1.49. The minimum Gasteiger partial charge on any atom is -0.550 e. The molecular weight excluding hydrogens is 290 g/mol. The van der Waals surface area contributed by atoms with Crippen molar-refractivity contribution in [1.82, 2.24) is 0 Å². The van der Waals surface area contributed by atoms with Crippen LogP contribution in [0.5, 0.6) is 0 Å². The SMILES string of the molecule is COC(=O)CCC(=O)C(O)(CC(=O)[O-])C[N+](C)(C)C.Cl. The molecule has 0 aromatic heterocycles. The van der Waals surface area contributed by atoms with Gasteiger partial charge in [0.2, 0.25) is 0 Å². The summed E-state index contributed by atoms with van der Waals surface area (Å²) in [7, 11) is 6.34. The van der Waals surface area contributed by atoms with Gasteiger partial charge in [0.05, 0.1) is 34.7 Å². The Labute approximate surface area is 124 Å². The van der Waals surface area contributed by atoms with E-state index in [-0.39, 0.29) is 36.3 Å². The average Bonchev–Trinajstić information content (AvgIpc) is 2.21. The molecule has 8 heteroatoms. The minimum absolute atomic E-state index is 0. The number of esters is 1. The van der Waals surface area contributed by atoms with Crippen molar-refractivity contribution in [1.29, 1.82) is 0 Å². The second kappa shape index (κ2) is 8.18. The van der Waals surface area contributed by atoms with Crippen LogP contribution in [0, 0.1) is 0 Å². The molecule has 1 N–H and O–H groups in total. The fourth-order valence-electron chi connectivity index (χ4n) is 1.82. The van der Waals surface area contributed by atoms with Crippen molar-refractivity contribution in [2.24, 2.45) is 0 Å². The summed E-state index contributed by atoms with van der Waals surface area (Å²) in [4.78, 5) is 33.6. The van der Waals surface area contributed by atoms with Crippen LogP contribution >= 0.6 is 12.4 Å². The number of rotatable bonds is 8. The second-order valence-corrected chi connectivity index (χ2v) is 5.53. The largest absolute Gasteiger partial charge is 0.550 e. The van der Waals surface area contributed by atoms with E-state index in [9.17, 15) is 24.6 Å². The molecule has 0 aromatic carbocycles. The molecule has 0 rings (SSSR count). The van der Waals surface area contributed by atoms with Crippen LogP contribution in [0.15, 0.2) is 0 Å². The van der Waals surface area contributed by atoms with Crippen molar-refractivity contribution in [3.05, 3.63) is 0 Å². The average molecular weight is 312 g/mol. The summed E-state index contributed by atoms with van der Waals surface area (Å²) in [6, 6.07) is 0. The molecule has 118 valence electrons. The maximum absolute atomic E-state index is 11.9. The third kappa shape index (κ3) is 8.08. The smallest absolute Gasteiger partial charge is 0.305 e. The first-order chi connectivity index (χ1) is 8.50.